The zero-order chi connectivity index (χ0) is 18.2. The van der Waals surface area contributed by atoms with E-state index in [4.69, 9.17) is 20.2 Å². The molecule has 0 radical (unpaired) electrons. The molecule has 0 amide bonds. The van der Waals surface area contributed by atoms with Gasteiger partial charge in [0, 0.05) is 17.3 Å². The maximum atomic E-state index is 6.05. The van der Waals surface area contributed by atoms with Gasteiger partial charge >= 0.3 is 0 Å². The minimum atomic E-state index is 0.262. The van der Waals surface area contributed by atoms with E-state index in [1.54, 1.807) is 6.33 Å². The third-order valence-corrected chi connectivity index (χ3v) is 5.23. The Hall–Kier alpha value is -3.20. The molecule has 4 heterocycles. The molecule has 1 aromatic carbocycles. The number of ether oxygens (including phenoxy) is 2. The standard InChI is InChI=1S/C18H16N6O2S/c19-16-15-17(24(10-20-16)8-7-23-5-1-2-6-23)22-18(21-15)27-12-3-4-13-14(9-12)26-11-25-13/h1-6,9-10H,7-8,11H2,(H2,19,21,22)/p+1. The molecule has 3 aromatic heterocycles. The van der Waals surface area contributed by atoms with Crippen molar-refractivity contribution in [3.05, 3.63) is 49.1 Å². The number of aromatic nitrogens is 5. The van der Waals surface area contributed by atoms with Crippen molar-refractivity contribution >= 4 is 28.7 Å². The van der Waals surface area contributed by atoms with E-state index >= 15 is 0 Å². The van der Waals surface area contributed by atoms with Gasteiger partial charge in [0.1, 0.15) is 0 Å². The number of hydrogen-bond acceptors (Lipinski definition) is 6. The van der Waals surface area contributed by atoms with E-state index in [1.165, 1.54) is 11.8 Å². The van der Waals surface area contributed by atoms with Crippen molar-refractivity contribution in [2.24, 2.45) is 0 Å². The topological polar surface area (TPSA) is 94.9 Å². The van der Waals surface area contributed by atoms with Crippen molar-refractivity contribution in [2.75, 3.05) is 12.5 Å². The van der Waals surface area contributed by atoms with E-state index in [0.717, 1.165) is 45.8 Å². The Morgan fingerprint density at radius 3 is 2.96 bits per heavy atom. The number of rotatable bonds is 5. The molecular formula is C18H17N6O2S+. The minimum Gasteiger partial charge on any atom is -0.454 e. The highest BCUT2D eigenvalue weighted by atomic mass is 32.2. The highest BCUT2D eigenvalue weighted by Crippen LogP contribution is 2.37. The summed E-state index contributed by atoms with van der Waals surface area (Å²) < 4.78 is 14.9. The molecule has 0 aliphatic carbocycles. The number of nitrogens with zero attached hydrogens (tertiary/aromatic N) is 4. The smallest absolute Gasteiger partial charge is 0.294 e. The SMILES string of the molecule is Nc1nc[n+](CCn2cccc2)c2nc(Sc3ccc4c(c3)OCO4)[nH]c12. The van der Waals surface area contributed by atoms with Gasteiger partial charge in [-0.1, -0.05) is 9.97 Å². The van der Waals surface area contributed by atoms with E-state index in [9.17, 15) is 0 Å². The van der Waals surface area contributed by atoms with E-state index in [2.05, 4.69) is 14.5 Å². The summed E-state index contributed by atoms with van der Waals surface area (Å²) in [4.78, 5) is 13.3. The van der Waals surface area contributed by atoms with E-state index in [1.807, 2.05) is 47.3 Å². The second kappa shape index (κ2) is 6.51. The number of fused-ring (bicyclic) bond motifs is 2. The summed E-state index contributed by atoms with van der Waals surface area (Å²) in [7, 11) is 0. The molecule has 0 spiro atoms. The van der Waals surface area contributed by atoms with Gasteiger partial charge in [-0.2, -0.15) is 0 Å². The number of aryl methyl sites for hydroxylation is 2. The van der Waals surface area contributed by atoms with Gasteiger partial charge in [0.25, 0.3) is 5.65 Å². The molecule has 1 aliphatic heterocycles. The van der Waals surface area contributed by atoms with E-state index in [0.29, 0.717) is 5.82 Å². The van der Waals surface area contributed by atoms with Crippen molar-refractivity contribution in [3.63, 3.8) is 0 Å². The monoisotopic (exact) mass is 381 g/mol. The number of imidazole rings is 1. The lowest BCUT2D eigenvalue weighted by atomic mass is 10.3. The normalized spacial score (nSPS) is 12.7. The van der Waals surface area contributed by atoms with Gasteiger partial charge in [0.05, 0.1) is 13.1 Å². The minimum absolute atomic E-state index is 0.262. The Morgan fingerprint density at radius 1 is 1.22 bits per heavy atom. The zero-order valence-corrected chi connectivity index (χ0v) is 15.1. The van der Waals surface area contributed by atoms with Crippen LogP contribution in [0.15, 0.2) is 59.1 Å². The molecule has 0 bridgehead atoms. The molecule has 3 N–H and O–H groups in total. The maximum Gasteiger partial charge on any atom is 0.294 e. The molecule has 0 fully saturated rings. The van der Waals surface area contributed by atoms with Crippen LogP contribution >= 0.6 is 11.8 Å². The first-order valence-electron chi connectivity index (χ1n) is 8.48. The largest absolute Gasteiger partial charge is 0.454 e. The zero-order valence-electron chi connectivity index (χ0n) is 14.3. The van der Waals surface area contributed by atoms with E-state index in [-0.39, 0.29) is 6.79 Å². The third-order valence-electron chi connectivity index (χ3n) is 4.35. The molecular weight excluding hydrogens is 364 g/mol. The van der Waals surface area contributed by atoms with Crippen LogP contribution in [0.4, 0.5) is 5.82 Å². The van der Waals surface area contributed by atoms with Crippen LogP contribution in [-0.4, -0.2) is 26.3 Å². The molecule has 5 rings (SSSR count). The highest BCUT2D eigenvalue weighted by molar-refractivity contribution is 7.99. The number of benzene rings is 1. The summed E-state index contributed by atoms with van der Waals surface area (Å²) in [5.41, 5.74) is 7.58. The molecule has 27 heavy (non-hydrogen) atoms. The Bertz CT molecular complexity index is 1110. The van der Waals surface area contributed by atoms with Gasteiger partial charge < -0.3 is 24.8 Å². The number of nitrogen functional groups attached to an aromatic ring is 1. The quantitative estimate of drug-likeness (QED) is 0.515. The van der Waals surface area contributed by atoms with Gasteiger partial charge in [-0.3, -0.25) is 0 Å². The fraction of sp³-hybridized carbons (Fsp3) is 0.167. The van der Waals surface area contributed by atoms with Crippen LogP contribution in [-0.2, 0) is 13.1 Å². The van der Waals surface area contributed by atoms with Crippen LogP contribution in [0.25, 0.3) is 11.2 Å². The molecule has 0 saturated heterocycles. The lowest BCUT2D eigenvalue weighted by Crippen LogP contribution is -2.37. The number of nitrogens with two attached hydrogens (primary N) is 1. The van der Waals surface area contributed by atoms with Crippen LogP contribution in [0.3, 0.4) is 0 Å². The number of aromatic amines is 1. The van der Waals surface area contributed by atoms with Crippen molar-refractivity contribution < 1.29 is 14.0 Å². The van der Waals surface area contributed by atoms with Crippen molar-refractivity contribution in [1.82, 2.24) is 19.5 Å². The fourth-order valence-corrected chi connectivity index (χ4v) is 3.80. The summed E-state index contributed by atoms with van der Waals surface area (Å²) in [6, 6.07) is 9.85. The summed E-state index contributed by atoms with van der Waals surface area (Å²) in [6.45, 7) is 1.84. The second-order valence-corrected chi connectivity index (χ2v) is 7.16. The predicted molar refractivity (Wildman–Crippen MR) is 99.6 cm³/mol. The summed E-state index contributed by atoms with van der Waals surface area (Å²) in [6.07, 6.45) is 5.80. The number of nitrogens with one attached hydrogen (secondary N) is 1. The molecule has 8 nitrogen and oxygen atoms in total. The molecule has 0 atom stereocenters. The van der Waals surface area contributed by atoms with Crippen molar-refractivity contribution in [3.8, 4) is 11.5 Å². The number of anilines is 1. The Labute approximate surface area is 159 Å². The van der Waals surface area contributed by atoms with E-state index < -0.39 is 0 Å². The maximum absolute atomic E-state index is 6.05. The lowest BCUT2D eigenvalue weighted by molar-refractivity contribution is -0.677. The van der Waals surface area contributed by atoms with Gasteiger partial charge in [-0.25, -0.2) is 4.57 Å². The second-order valence-electron chi connectivity index (χ2n) is 6.10. The average Bonchev–Trinajstić information content (AvgIpc) is 3.41. The average molecular weight is 381 g/mol. The third kappa shape index (κ3) is 3.06. The summed E-state index contributed by atoms with van der Waals surface area (Å²) >= 11 is 1.51. The summed E-state index contributed by atoms with van der Waals surface area (Å²) in [5.74, 6) is 1.95. The van der Waals surface area contributed by atoms with Crippen molar-refractivity contribution in [2.45, 2.75) is 23.1 Å². The van der Waals surface area contributed by atoms with Gasteiger partial charge in [-0.05, 0) is 42.1 Å². The summed E-state index contributed by atoms with van der Waals surface area (Å²) in [5, 5.41) is 0.748. The number of H-pyrrole nitrogens is 1. The molecule has 4 aromatic rings. The van der Waals surface area contributed by atoms with Crippen LogP contribution in [0, 0.1) is 0 Å². The first-order valence-corrected chi connectivity index (χ1v) is 9.30. The van der Waals surface area contributed by atoms with Crippen LogP contribution in [0.5, 0.6) is 11.5 Å². The first-order chi connectivity index (χ1) is 13.3. The highest BCUT2D eigenvalue weighted by Gasteiger charge is 2.20. The van der Waals surface area contributed by atoms with Crippen LogP contribution in [0.1, 0.15) is 0 Å². The molecule has 0 unspecified atom stereocenters. The van der Waals surface area contributed by atoms with Crippen LogP contribution in [0.2, 0.25) is 0 Å². The Balaban J connectivity index is 1.43. The van der Waals surface area contributed by atoms with Crippen LogP contribution < -0.4 is 19.8 Å². The van der Waals surface area contributed by atoms with Gasteiger partial charge in [0.2, 0.25) is 24.1 Å². The fourth-order valence-electron chi connectivity index (χ4n) is 2.99. The predicted octanol–water partition coefficient (Wildman–Crippen LogP) is 2.21. The van der Waals surface area contributed by atoms with Gasteiger partial charge in [0.15, 0.2) is 17.0 Å². The van der Waals surface area contributed by atoms with Gasteiger partial charge in [-0.15, -0.1) is 0 Å². The first kappa shape index (κ1) is 16.0. The Morgan fingerprint density at radius 2 is 2.07 bits per heavy atom. The molecule has 0 saturated carbocycles. The van der Waals surface area contributed by atoms with Crippen molar-refractivity contribution in [1.29, 1.82) is 0 Å². The molecule has 1 aliphatic rings. The number of hydrogen-bond donors (Lipinski definition) is 2. The lowest BCUT2D eigenvalue weighted by Gasteiger charge is -2.02. The molecule has 9 heteroatoms. The Kier molecular flexibility index (Phi) is 3.86. The molecule has 136 valence electrons.